The first-order valence-corrected chi connectivity index (χ1v) is 7.51. The molecule has 0 atom stereocenters. The Bertz CT molecular complexity index is 469. The number of guanidine groups is 1. The summed E-state index contributed by atoms with van der Waals surface area (Å²) in [6.07, 6.45) is 0.894. The van der Waals surface area contributed by atoms with Gasteiger partial charge in [-0.3, -0.25) is 4.99 Å². The van der Waals surface area contributed by atoms with Gasteiger partial charge in [-0.05, 0) is 37.7 Å². The molecule has 0 aliphatic heterocycles. The van der Waals surface area contributed by atoms with Crippen LogP contribution in [0.1, 0.15) is 31.2 Å². The van der Waals surface area contributed by atoms with E-state index in [2.05, 4.69) is 15.6 Å². The first-order chi connectivity index (χ1) is 10.5. The molecule has 132 valence electrons. The normalized spacial score (nSPS) is 22.3. The van der Waals surface area contributed by atoms with Crippen LogP contribution in [-0.4, -0.2) is 25.7 Å². The SMILES string of the molecule is CN=C(NCc1ccoc1)NCC1CCC(C(F)(F)F)CC1.I. The minimum atomic E-state index is -4.04. The Labute approximate surface area is 151 Å². The maximum absolute atomic E-state index is 12.6. The number of nitrogens with one attached hydrogen (secondary N) is 2. The number of rotatable bonds is 4. The number of aliphatic imine (C=N–C) groups is 1. The summed E-state index contributed by atoms with van der Waals surface area (Å²) >= 11 is 0. The molecule has 0 unspecified atom stereocenters. The zero-order valence-corrected chi connectivity index (χ0v) is 15.4. The van der Waals surface area contributed by atoms with E-state index in [4.69, 9.17) is 4.42 Å². The summed E-state index contributed by atoms with van der Waals surface area (Å²) in [7, 11) is 1.67. The van der Waals surface area contributed by atoms with Gasteiger partial charge in [0.1, 0.15) is 0 Å². The average Bonchev–Trinajstić information content (AvgIpc) is 3.00. The standard InChI is InChI=1S/C15H22F3N3O.HI/c1-19-14(21-9-12-6-7-22-10-12)20-8-11-2-4-13(5-3-11)15(16,17)18;/h6-7,10-11,13H,2-5,8-9H2,1H3,(H2,19,20,21);1H. The molecule has 0 saturated heterocycles. The summed E-state index contributed by atoms with van der Waals surface area (Å²) in [4.78, 5) is 4.11. The number of furan rings is 1. The van der Waals surface area contributed by atoms with Crippen molar-refractivity contribution in [2.24, 2.45) is 16.8 Å². The number of halogens is 4. The van der Waals surface area contributed by atoms with Gasteiger partial charge in [-0.25, -0.2) is 0 Å². The lowest BCUT2D eigenvalue weighted by atomic mass is 9.81. The first kappa shape index (κ1) is 20.1. The molecular formula is C15H23F3IN3O. The first-order valence-electron chi connectivity index (χ1n) is 7.51. The minimum Gasteiger partial charge on any atom is -0.472 e. The van der Waals surface area contributed by atoms with Crippen molar-refractivity contribution in [2.45, 2.75) is 38.4 Å². The predicted molar refractivity (Wildman–Crippen MR) is 93.8 cm³/mol. The molecule has 0 spiro atoms. The van der Waals surface area contributed by atoms with Crippen LogP contribution < -0.4 is 10.6 Å². The molecule has 23 heavy (non-hydrogen) atoms. The van der Waals surface area contributed by atoms with Crippen molar-refractivity contribution in [1.29, 1.82) is 0 Å². The third kappa shape index (κ3) is 6.60. The van der Waals surface area contributed by atoms with E-state index in [0.717, 1.165) is 5.56 Å². The third-order valence-electron chi connectivity index (χ3n) is 4.13. The molecule has 0 amide bonds. The van der Waals surface area contributed by atoms with Crippen LogP contribution >= 0.6 is 24.0 Å². The Morgan fingerprint density at radius 3 is 2.48 bits per heavy atom. The van der Waals surface area contributed by atoms with Crippen molar-refractivity contribution in [2.75, 3.05) is 13.6 Å². The Kier molecular flexibility index (Phi) is 8.21. The summed E-state index contributed by atoms with van der Waals surface area (Å²) in [6.45, 7) is 1.24. The van der Waals surface area contributed by atoms with Gasteiger partial charge in [0, 0.05) is 25.7 Å². The van der Waals surface area contributed by atoms with Crippen molar-refractivity contribution < 1.29 is 17.6 Å². The lowest BCUT2D eigenvalue weighted by molar-refractivity contribution is -0.183. The molecule has 1 aromatic heterocycles. The van der Waals surface area contributed by atoms with Crippen LogP contribution in [0.2, 0.25) is 0 Å². The second kappa shape index (κ2) is 9.39. The quantitative estimate of drug-likeness (QED) is 0.420. The van der Waals surface area contributed by atoms with E-state index in [1.165, 1.54) is 0 Å². The highest BCUT2D eigenvalue weighted by Gasteiger charge is 2.41. The van der Waals surface area contributed by atoms with E-state index in [0.29, 0.717) is 31.9 Å². The molecule has 8 heteroatoms. The van der Waals surface area contributed by atoms with E-state index < -0.39 is 12.1 Å². The van der Waals surface area contributed by atoms with Crippen LogP contribution in [0.4, 0.5) is 13.2 Å². The van der Waals surface area contributed by atoms with Gasteiger partial charge in [0.15, 0.2) is 5.96 Å². The smallest absolute Gasteiger partial charge is 0.391 e. The number of nitrogens with zero attached hydrogens (tertiary/aromatic N) is 1. The summed E-state index contributed by atoms with van der Waals surface area (Å²) < 4.78 is 42.8. The molecule has 1 aliphatic rings. The Balaban J connectivity index is 0.00000264. The van der Waals surface area contributed by atoms with Crippen molar-refractivity contribution in [3.8, 4) is 0 Å². The van der Waals surface area contributed by atoms with Gasteiger partial charge < -0.3 is 15.1 Å². The van der Waals surface area contributed by atoms with Gasteiger partial charge in [-0.15, -0.1) is 24.0 Å². The van der Waals surface area contributed by atoms with Crippen molar-refractivity contribution in [3.63, 3.8) is 0 Å². The molecule has 1 aromatic rings. The summed E-state index contributed by atoms with van der Waals surface area (Å²) in [5.74, 6) is -0.201. The predicted octanol–water partition coefficient (Wildman–Crippen LogP) is 3.93. The highest BCUT2D eigenvalue weighted by atomic mass is 127. The maximum atomic E-state index is 12.6. The topological polar surface area (TPSA) is 49.6 Å². The molecular weight excluding hydrogens is 422 g/mol. The molecule has 4 nitrogen and oxygen atoms in total. The maximum Gasteiger partial charge on any atom is 0.391 e. The lowest BCUT2D eigenvalue weighted by Gasteiger charge is -2.30. The van der Waals surface area contributed by atoms with Crippen LogP contribution in [-0.2, 0) is 6.54 Å². The van der Waals surface area contributed by atoms with Gasteiger partial charge in [0.05, 0.1) is 18.4 Å². The van der Waals surface area contributed by atoms with Crippen LogP contribution in [0.5, 0.6) is 0 Å². The van der Waals surface area contributed by atoms with Gasteiger partial charge in [0.25, 0.3) is 0 Å². The Morgan fingerprint density at radius 2 is 1.96 bits per heavy atom. The lowest BCUT2D eigenvalue weighted by Crippen LogP contribution is -2.40. The van der Waals surface area contributed by atoms with Crippen molar-refractivity contribution in [3.05, 3.63) is 24.2 Å². The van der Waals surface area contributed by atoms with E-state index in [-0.39, 0.29) is 42.7 Å². The number of alkyl halides is 3. The average molecular weight is 445 g/mol. The monoisotopic (exact) mass is 445 g/mol. The molecule has 2 N–H and O–H groups in total. The fourth-order valence-corrected chi connectivity index (χ4v) is 2.73. The summed E-state index contributed by atoms with van der Waals surface area (Å²) in [6, 6.07) is 1.86. The highest BCUT2D eigenvalue weighted by Crippen LogP contribution is 2.39. The molecule has 0 radical (unpaired) electrons. The fourth-order valence-electron chi connectivity index (χ4n) is 2.73. The van der Waals surface area contributed by atoms with E-state index >= 15 is 0 Å². The molecule has 1 saturated carbocycles. The van der Waals surface area contributed by atoms with Crippen LogP contribution in [0.15, 0.2) is 28.0 Å². The van der Waals surface area contributed by atoms with Crippen molar-refractivity contribution >= 4 is 29.9 Å². The summed E-state index contributed by atoms with van der Waals surface area (Å²) in [5.41, 5.74) is 1.01. The van der Waals surface area contributed by atoms with Crippen LogP contribution in [0, 0.1) is 11.8 Å². The van der Waals surface area contributed by atoms with Crippen LogP contribution in [0.3, 0.4) is 0 Å². The zero-order chi connectivity index (χ0) is 16.0. The molecule has 1 fully saturated rings. The zero-order valence-electron chi connectivity index (χ0n) is 13.0. The number of hydrogen-bond donors (Lipinski definition) is 2. The molecule has 2 rings (SSSR count). The largest absolute Gasteiger partial charge is 0.472 e. The minimum absolute atomic E-state index is 0. The fraction of sp³-hybridized carbons (Fsp3) is 0.667. The second-order valence-corrected chi connectivity index (χ2v) is 5.70. The second-order valence-electron chi connectivity index (χ2n) is 5.70. The van der Waals surface area contributed by atoms with Gasteiger partial charge >= 0.3 is 6.18 Å². The Morgan fingerprint density at radius 1 is 1.26 bits per heavy atom. The van der Waals surface area contributed by atoms with Crippen molar-refractivity contribution in [1.82, 2.24) is 10.6 Å². The van der Waals surface area contributed by atoms with E-state index in [9.17, 15) is 13.2 Å². The molecule has 0 bridgehead atoms. The van der Waals surface area contributed by atoms with Crippen LogP contribution in [0.25, 0.3) is 0 Å². The highest BCUT2D eigenvalue weighted by molar-refractivity contribution is 14.0. The van der Waals surface area contributed by atoms with E-state index in [1.54, 1.807) is 19.6 Å². The van der Waals surface area contributed by atoms with E-state index in [1.807, 2.05) is 6.07 Å². The third-order valence-corrected chi connectivity index (χ3v) is 4.13. The van der Waals surface area contributed by atoms with Gasteiger partial charge in [-0.1, -0.05) is 0 Å². The summed E-state index contributed by atoms with van der Waals surface area (Å²) in [5, 5.41) is 6.33. The molecule has 0 aromatic carbocycles. The molecule has 1 heterocycles. The van der Waals surface area contributed by atoms with Gasteiger partial charge in [-0.2, -0.15) is 13.2 Å². The van der Waals surface area contributed by atoms with Gasteiger partial charge in [0.2, 0.25) is 0 Å². The number of hydrogen-bond acceptors (Lipinski definition) is 2. The molecule has 1 aliphatic carbocycles. The Hall–Kier alpha value is -0.930.